The van der Waals surface area contributed by atoms with Crippen LogP contribution in [-0.4, -0.2) is 38.0 Å². The molecule has 0 spiro atoms. The average Bonchev–Trinajstić information content (AvgIpc) is 2.47. The van der Waals surface area contributed by atoms with Gasteiger partial charge in [-0.3, -0.25) is 4.79 Å². The van der Waals surface area contributed by atoms with E-state index in [9.17, 15) is 9.18 Å². The molecule has 3 nitrogen and oxygen atoms in total. The molecule has 0 aliphatic rings. The van der Waals surface area contributed by atoms with Crippen LogP contribution in [0.25, 0.3) is 10.8 Å². The van der Waals surface area contributed by atoms with Crippen molar-refractivity contribution < 1.29 is 9.18 Å². The number of nitrogens with zero attached hydrogens (tertiary/aromatic N) is 1. The Labute approximate surface area is 124 Å². The van der Waals surface area contributed by atoms with E-state index in [4.69, 9.17) is 0 Å². The zero-order chi connectivity index (χ0) is 15.2. The predicted molar refractivity (Wildman–Crippen MR) is 84.0 cm³/mol. The van der Waals surface area contributed by atoms with E-state index in [-0.39, 0.29) is 11.7 Å². The van der Waals surface area contributed by atoms with Crippen LogP contribution in [-0.2, 0) is 0 Å². The fourth-order valence-electron chi connectivity index (χ4n) is 2.31. The Bertz CT molecular complexity index is 625. The fraction of sp³-hybridized carbons (Fsp3) is 0.353. The van der Waals surface area contributed by atoms with Crippen molar-refractivity contribution >= 4 is 16.7 Å². The average molecular weight is 288 g/mol. The van der Waals surface area contributed by atoms with Crippen molar-refractivity contribution in [2.75, 3.05) is 27.2 Å². The highest BCUT2D eigenvalue weighted by Crippen LogP contribution is 2.21. The van der Waals surface area contributed by atoms with Gasteiger partial charge in [0.2, 0.25) is 0 Å². The van der Waals surface area contributed by atoms with Crippen LogP contribution in [0.2, 0.25) is 0 Å². The minimum Gasteiger partial charge on any atom is -0.352 e. The summed E-state index contributed by atoms with van der Waals surface area (Å²) in [7, 11) is 4.06. The number of carbonyl (C=O) groups excluding carboxylic acids is 1. The van der Waals surface area contributed by atoms with Crippen LogP contribution in [0.15, 0.2) is 36.4 Å². The minimum atomic E-state index is -0.298. The molecule has 0 heterocycles. The molecule has 0 radical (unpaired) electrons. The summed E-state index contributed by atoms with van der Waals surface area (Å²) in [6.07, 6.45) is 1.97. The van der Waals surface area contributed by atoms with Crippen molar-refractivity contribution in [3.8, 4) is 0 Å². The summed E-state index contributed by atoms with van der Waals surface area (Å²) in [6, 6.07) is 9.96. The first kappa shape index (κ1) is 15.4. The Kier molecular flexibility index (Phi) is 5.28. The van der Waals surface area contributed by atoms with Crippen molar-refractivity contribution in [1.82, 2.24) is 10.2 Å². The van der Waals surface area contributed by atoms with E-state index in [2.05, 4.69) is 10.2 Å². The Morgan fingerprint density at radius 1 is 1.10 bits per heavy atom. The monoisotopic (exact) mass is 288 g/mol. The van der Waals surface area contributed by atoms with Gasteiger partial charge in [-0.1, -0.05) is 24.3 Å². The summed E-state index contributed by atoms with van der Waals surface area (Å²) in [6.45, 7) is 1.65. The van der Waals surface area contributed by atoms with Crippen molar-refractivity contribution in [2.45, 2.75) is 12.8 Å². The first-order valence-corrected chi connectivity index (χ1v) is 7.20. The molecule has 112 valence electrons. The number of carbonyl (C=O) groups is 1. The van der Waals surface area contributed by atoms with Crippen LogP contribution >= 0.6 is 0 Å². The van der Waals surface area contributed by atoms with E-state index in [1.807, 2.05) is 20.2 Å². The Balaban J connectivity index is 2.02. The summed E-state index contributed by atoms with van der Waals surface area (Å²) in [5.74, 6) is -0.441. The largest absolute Gasteiger partial charge is 0.352 e. The third kappa shape index (κ3) is 4.02. The zero-order valence-corrected chi connectivity index (χ0v) is 12.5. The van der Waals surface area contributed by atoms with Crippen LogP contribution in [0.3, 0.4) is 0 Å². The molecule has 1 N–H and O–H groups in total. The Morgan fingerprint density at radius 2 is 1.81 bits per heavy atom. The third-order valence-corrected chi connectivity index (χ3v) is 3.43. The molecule has 0 atom stereocenters. The number of nitrogens with one attached hydrogen (secondary N) is 1. The van der Waals surface area contributed by atoms with E-state index >= 15 is 0 Å². The van der Waals surface area contributed by atoms with Crippen LogP contribution in [0.4, 0.5) is 4.39 Å². The minimum absolute atomic E-state index is 0.143. The van der Waals surface area contributed by atoms with Gasteiger partial charge in [0.05, 0.1) is 0 Å². The summed E-state index contributed by atoms with van der Waals surface area (Å²) in [5.41, 5.74) is 0.527. The third-order valence-electron chi connectivity index (χ3n) is 3.43. The molecule has 0 aliphatic heterocycles. The molecule has 21 heavy (non-hydrogen) atoms. The lowest BCUT2D eigenvalue weighted by molar-refractivity contribution is 0.0954. The van der Waals surface area contributed by atoms with E-state index in [1.54, 1.807) is 24.3 Å². The Morgan fingerprint density at radius 3 is 2.52 bits per heavy atom. The smallest absolute Gasteiger partial charge is 0.251 e. The van der Waals surface area contributed by atoms with Crippen LogP contribution < -0.4 is 5.32 Å². The summed E-state index contributed by atoms with van der Waals surface area (Å²) >= 11 is 0. The molecule has 0 saturated heterocycles. The molecular formula is C17H21FN2O. The highest BCUT2D eigenvalue weighted by molar-refractivity contribution is 6.07. The SMILES string of the molecule is CN(C)CCCCNC(=O)c1ccc(F)c2ccccc12. The maximum atomic E-state index is 13.7. The number of hydrogen-bond acceptors (Lipinski definition) is 2. The molecule has 0 saturated carbocycles. The van der Waals surface area contributed by atoms with Crippen molar-refractivity contribution in [3.05, 3.63) is 47.8 Å². The van der Waals surface area contributed by atoms with Crippen LogP contribution in [0, 0.1) is 5.82 Å². The number of benzene rings is 2. The topological polar surface area (TPSA) is 32.3 Å². The maximum Gasteiger partial charge on any atom is 0.251 e. The first-order chi connectivity index (χ1) is 10.1. The molecule has 0 aromatic heterocycles. The van der Waals surface area contributed by atoms with E-state index in [0.717, 1.165) is 19.4 Å². The standard InChI is InChI=1S/C17H21FN2O/c1-20(2)12-6-5-11-19-17(21)15-9-10-16(18)14-8-4-3-7-13(14)15/h3-4,7-10H,5-6,11-12H2,1-2H3,(H,19,21). The molecule has 0 bridgehead atoms. The lowest BCUT2D eigenvalue weighted by Gasteiger charge is -2.10. The number of amides is 1. The molecule has 4 heteroatoms. The molecule has 0 fully saturated rings. The number of fused-ring (bicyclic) bond motifs is 1. The van der Waals surface area contributed by atoms with Gasteiger partial charge < -0.3 is 10.2 Å². The van der Waals surface area contributed by atoms with Gasteiger partial charge in [-0.25, -0.2) is 4.39 Å². The number of hydrogen-bond donors (Lipinski definition) is 1. The van der Waals surface area contributed by atoms with Gasteiger partial charge in [-0.05, 0) is 51.0 Å². The summed E-state index contributed by atoms with van der Waals surface area (Å²) in [5, 5.41) is 4.04. The molecular weight excluding hydrogens is 267 g/mol. The van der Waals surface area contributed by atoms with E-state index < -0.39 is 0 Å². The predicted octanol–water partition coefficient (Wildman–Crippen LogP) is 3.05. The van der Waals surface area contributed by atoms with E-state index in [0.29, 0.717) is 22.9 Å². The van der Waals surface area contributed by atoms with Gasteiger partial charge in [0.1, 0.15) is 5.82 Å². The number of unbranched alkanes of at least 4 members (excludes halogenated alkanes) is 1. The van der Waals surface area contributed by atoms with Gasteiger partial charge in [-0.15, -0.1) is 0 Å². The van der Waals surface area contributed by atoms with Gasteiger partial charge in [0, 0.05) is 17.5 Å². The second-order valence-corrected chi connectivity index (χ2v) is 5.41. The lowest BCUT2D eigenvalue weighted by atomic mass is 10.0. The highest BCUT2D eigenvalue weighted by Gasteiger charge is 2.11. The zero-order valence-electron chi connectivity index (χ0n) is 12.5. The molecule has 2 rings (SSSR count). The molecule has 2 aromatic carbocycles. The highest BCUT2D eigenvalue weighted by atomic mass is 19.1. The normalized spacial score (nSPS) is 11.0. The molecule has 1 amide bonds. The number of rotatable bonds is 6. The van der Waals surface area contributed by atoms with Gasteiger partial charge in [0.15, 0.2) is 0 Å². The van der Waals surface area contributed by atoms with Crippen LogP contribution in [0.1, 0.15) is 23.2 Å². The second kappa shape index (κ2) is 7.18. The van der Waals surface area contributed by atoms with Crippen molar-refractivity contribution in [2.24, 2.45) is 0 Å². The molecule has 2 aromatic rings. The quantitative estimate of drug-likeness (QED) is 0.829. The van der Waals surface area contributed by atoms with Crippen molar-refractivity contribution in [3.63, 3.8) is 0 Å². The maximum absolute atomic E-state index is 13.7. The molecule has 0 aliphatic carbocycles. The first-order valence-electron chi connectivity index (χ1n) is 7.20. The Hall–Kier alpha value is -1.94. The van der Waals surface area contributed by atoms with Crippen molar-refractivity contribution in [1.29, 1.82) is 0 Å². The summed E-state index contributed by atoms with van der Waals surface area (Å²) in [4.78, 5) is 14.3. The summed E-state index contributed by atoms with van der Waals surface area (Å²) < 4.78 is 13.7. The fourth-order valence-corrected chi connectivity index (χ4v) is 2.31. The van der Waals surface area contributed by atoms with Crippen LogP contribution in [0.5, 0.6) is 0 Å². The number of halogens is 1. The van der Waals surface area contributed by atoms with Gasteiger partial charge in [-0.2, -0.15) is 0 Å². The van der Waals surface area contributed by atoms with Gasteiger partial charge >= 0.3 is 0 Å². The van der Waals surface area contributed by atoms with E-state index in [1.165, 1.54) is 6.07 Å². The molecule has 0 unspecified atom stereocenters. The second-order valence-electron chi connectivity index (χ2n) is 5.41. The lowest BCUT2D eigenvalue weighted by Crippen LogP contribution is -2.25. The van der Waals surface area contributed by atoms with Gasteiger partial charge in [0.25, 0.3) is 5.91 Å².